The van der Waals surface area contributed by atoms with E-state index in [0.717, 1.165) is 67.0 Å². The number of carbonyl (C=O) groups excluding carboxylic acids is 3. The Hall–Kier alpha value is -4.08. The van der Waals surface area contributed by atoms with Crippen LogP contribution in [0.1, 0.15) is 56.1 Å². The highest BCUT2D eigenvalue weighted by Crippen LogP contribution is 2.32. The van der Waals surface area contributed by atoms with E-state index in [4.69, 9.17) is 5.73 Å². The summed E-state index contributed by atoms with van der Waals surface area (Å²) in [6, 6.07) is 18.7. The van der Waals surface area contributed by atoms with Gasteiger partial charge in [0, 0.05) is 45.1 Å². The zero-order valence-electron chi connectivity index (χ0n) is 28.5. The van der Waals surface area contributed by atoms with Gasteiger partial charge in [0.2, 0.25) is 17.7 Å². The molecule has 48 heavy (non-hydrogen) atoms. The molecular weight excluding hydrogens is 605 g/mol. The van der Waals surface area contributed by atoms with Gasteiger partial charge in [0.25, 0.3) is 0 Å². The number of likely N-dealkylation sites (tertiary alicyclic amines) is 1. The minimum Gasteiger partial charge on any atom is -0.354 e. The van der Waals surface area contributed by atoms with E-state index in [2.05, 4.69) is 17.3 Å². The van der Waals surface area contributed by atoms with Crippen molar-refractivity contribution in [2.45, 2.75) is 81.5 Å². The third-order valence-electron chi connectivity index (χ3n) is 10.4. The van der Waals surface area contributed by atoms with Gasteiger partial charge in [0.15, 0.2) is 0 Å². The molecule has 3 aromatic rings. The highest BCUT2D eigenvalue weighted by molar-refractivity contribution is 5.95. The summed E-state index contributed by atoms with van der Waals surface area (Å²) < 4.78 is 13.8. The van der Waals surface area contributed by atoms with E-state index < -0.39 is 12.1 Å². The quantitative estimate of drug-likeness (QED) is 0.242. The van der Waals surface area contributed by atoms with Crippen LogP contribution in [0.5, 0.6) is 0 Å². The average molecular weight is 656 g/mol. The smallest absolute Gasteiger partial charge is 0.246 e. The summed E-state index contributed by atoms with van der Waals surface area (Å²) in [4.78, 5) is 47.1. The molecule has 9 heteroatoms. The Labute approximate surface area is 284 Å². The molecule has 3 N–H and O–H groups in total. The molecule has 1 aliphatic carbocycles. The first-order valence-electron chi connectivity index (χ1n) is 17.2. The van der Waals surface area contributed by atoms with Gasteiger partial charge >= 0.3 is 0 Å². The maximum atomic E-state index is 14.5. The molecule has 3 atom stereocenters. The highest BCUT2D eigenvalue weighted by atomic mass is 19.1. The Morgan fingerprint density at radius 2 is 1.65 bits per heavy atom. The molecule has 1 heterocycles. The third kappa shape index (κ3) is 8.88. The second-order valence-corrected chi connectivity index (χ2v) is 13.8. The second kappa shape index (κ2) is 15.9. The molecule has 0 radical (unpaired) electrons. The molecule has 5 rings (SSSR count). The molecule has 1 unspecified atom stereocenters. The zero-order chi connectivity index (χ0) is 34.3. The molecule has 2 aliphatic rings. The van der Waals surface area contributed by atoms with Crippen molar-refractivity contribution in [2.24, 2.45) is 5.73 Å². The van der Waals surface area contributed by atoms with Crippen molar-refractivity contribution in [2.75, 3.05) is 34.2 Å². The molecule has 3 amide bonds. The lowest BCUT2D eigenvalue weighted by molar-refractivity contribution is -0.146. The van der Waals surface area contributed by atoms with E-state index in [1.807, 2.05) is 48.5 Å². The number of nitrogens with zero attached hydrogens (tertiary/aromatic N) is 3. The molecule has 256 valence electrons. The van der Waals surface area contributed by atoms with Gasteiger partial charge < -0.3 is 25.8 Å². The van der Waals surface area contributed by atoms with Crippen LogP contribution >= 0.6 is 0 Å². The van der Waals surface area contributed by atoms with Gasteiger partial charge in [-0.1, -0.05) is 60.7 Å². The minimum atomic E-state index is -0.875. The van der Waals surface area contributed by atoms with Crippen molar-refractivity contribution in [1.29, 1.82) is 0 Å². The van der Waals surface area contributed by atoms with Crippen molar-refractivity contribution in [3.63, 3.8) is 0 Å². The van der Waals surface area contributed by atoms with E-state index in [1.165, 1.54) is 28.0 Å². The number of hydrogen-bond acceptors (Lipinski definition) is 5. The van der Waals surface area contributed by atoms with E-state index in [0.29, 0.717) is 19.0 Å². The number of rotatable bonds is 14. The predicted molar refractivity (Wildman–Crippen MR) is 189 cm³/mol. The van der Waals surface area contributed by atoms with Gasteiger partial charge in [0.05, 0.1) is 0 Å². The maximum Gasteiger partial charge on any atom is 0.246 e. The summed E-state index contributed by atoms with van der Waals surface area (Å²) in [6.07, 6.45) is 10.4. The molecule has 1 aliphatic heterocycles. The maximum absolute atomic E-state index is 14.5. The fraction of sp³-hybridized carbons (Fsp3) is 0.462. The number of likely N-dealkylation sites (N-methyl/N-ethyl adjacent to an activating group) is 2. The molecule has 1 saturated carbocycles. The first kappa shape index (κ1) is 35.2. The predicted octanol–water partition coefficient (Wildman–Crippen LogP) is 4.85. The number of fused-ring (bicyclic) bond motifs is 1. The Balaban J connectivity index is 1.38. The Kier molecular flexibility index (Phi) is 11.7. The number of nitrogens with one attached hydrogen (secondary N) is 1. The summed E-state index contributed by atoms with van der Waals surface area (Å²) in [5.74, 6) is -1.29. The minimum absolute atomic E-state index is 0.205. The van der Waals surface area contributed by atoms with Crippen LogP contribution in [0.25, 0.3) is 10.8 Å². The second-order valence-electron chi connectivity index (χ2n) is 13.8. The van der Waals surface area contributed by atoms with Crippen LogP contribution in [0.2, 0.25) is 0 Å². The number of amides is 3. The lowest BCUT2D eigenvalue weighted by Gasteiger charge is -2.37. The van der Waals surface area contributed by atoms with Gasteiger partial charge in [-0.05, 0) is 98.6 Å². The number of carbonyl (C=O) groups is 3. The average Bonchev–Trinajstić information content (AvgIpc) is 3.49. The SMILES string of the molecule is CN1CCCC1CCNC(=O)[C@@H](Cc1ccc(F)cc1)N(C)C(=O)[C@@H](Cc1ccc2ccccc2c1)N(C)C(=O)C=CCC1(N)CCC1. The third-order valence-corrected chi connectivity index (χ3v) is 10.4. The molecule has 0 spiro atoms. The van der Waals surface area contributed by atoms with Gasteiger partial charge in [-0.2, -0.15) is 0 Å². The normalized spacial score (nSPS) is 18.7. The number of benzene rings is 3. The van der Waals surface area contributed by atoms with Gasteiger partial charge in [0.1, 0.15) is 17.9 Å². The molecule has 8 nitrogen and oxygen atoms in total. The van der Waals surface area contributed by atoms with E-state index in [1.54, 1.807) is 26.2 Å². The Bertz CT molecular complexity index is 1600. The van der Waals surface area contributed by atoms with Crippen LogP contribution in [0.4, 0.5) is 4.39 Å². The highest BCUT2D eigenvalue weighted by Gasteiger charge is 2.35. The fourth-order valence-electron chi connectivity index (χ4n) is 6.94. The standard InChI is InChI=1S/C39H50FN5O3/c1-43-24-7-11-33(43)19-23-42-37(47)34(26-28-14-17-32(40)18-15-28)45(3)38(48)35(27-29-13-16-30-9-4-5-10-31(30)25-29)44(2)36(46)12-6-20-39(41)21-8-22-39/h4-6,9-10,12-18,25,33-35H,7-8,11,19-24,26-27,41H2,1-3H3,(H,42,47)/t33?,34-,35-/m1/s1. The summed E-state index contributed by atoms with van der Waals surface area (Å²) >= 11 is 0. The molecule has 0 aromatic heterocycles. The van der Waals surface area contributed by atoms with Gasteiger partial charge in [-0.25, -0.2) is 4.39 Å². The van der Waals surface area contributed by atoms with Crippen molar-refractivity contribution < 1.29 is 18.8 Å². The Morgan fingerprint density at radius 3 is 2.31 bits per heavy atom. The monoisotopic (exact) mass is 655 g/mol. The fourth-order valence-corrected chi connectivity index (χ4v) is 6.94. The van der Waals surface area contributed by atoms with Crippen molar-refractivity contribution >= 4 is 28.5 Å². The molecule has 2 fully saturated rings. The molecule has 3 aromatic carbocycles. The summed E-state index contributed by atoms with van der Waals surface area (Å²) in [5.41, 5.74) is 7.75. The van der Waals surface area contributed by atoms with E-state index in [-0.39, 0.29) is 41.9 Å². The van der Waals surface area contributed by atoms with Crippen LogP contribution < -0.4 is 11.1 Å². The topological polar surface area (TPSA) is 99.0 Å². The zero-order valence-corrected chi connectivity index (χ0v) is 28.5. The largest absolute Gasteiger partial charge is 0.354 e. The first-order valence-corrected chi connectivity index (χ1v) is 17.2. The van der Waals surface area contributed by atoms with Crippen molar-refractivity contribution in [3.8, 4) is 0 Å². The van der Waals surface area contributed by atoms with Crippen molar-refractivity contribution in [1.82, 2.24) is 20.0 Å². The number of nitrogens with two attached hydrogens (primary N) is 1. The number of halogens is 1. The van der Waals surface area contributed by atoms with E-state index in [9.17, 15) is 18.8 Å². The van der Waals surface area contributed by atoms with Crippen molar-refractivity contribution in [3.05, 3.63) is 95.8 Å². The molecule has 0 bridgehead atoms. The summed E-state index contributed by atoms with van der Waals surface area (Å²) in [6.45, 7) is 1.54. The van der Waals surface area contributed by atoms with Crippen LogP contribution in [0, 0.1) is 5.82 Å². The van der Waals surface area contributed by atoms with Crippen LogP contribution in [0.15, 0.2) is 78.9 Å². The lowest BCUT2D eigenvalue weighted by atomic mass is 9.75. The summed E-state index contributed by atoms with van der Waals surface area (Å²) in [5, 5.41) is 5.20. The van der Waals surface area contributed by atoms with Gasteiger partial charge in [-0.3, -0.25) is 14.4 Å². The van der Waals surface area contributed by atoms with Crippen LogP contribution in [0.3, 0.4) is 0 Å². The van der Waals surface area contributed by atoms with Crippen LogP contribution in [-0.2, 0) is 27.2 Å². The van der Waals surface area contributed by atoms with E-state index >= 15 is 0 Å². The lowest BCUT2D eigenvalue weighted by Crippen LogP contribution is -2.56. The Morgan fingerprint density at radius 1 is 0.958 bits per heavy atom. The molecule has 1 saturated heterocycles. The van der Waals surface area contributed by atoms with Gasteiger partial charge in [-0.15, -0.1) is 0 Å². The summed E-state index contributed by atoms with van der Waals surface area (Å²) in [7, 11) is 5.36. The first-order chi connectivity index (χ1) is 23.0. The molecular formula is C39H50FN5O3. The number of hydrogen-bond donors (Lipinski definition) is 2. The van der Waals surface area contributed by atoms with Crippen LogP contribution in [-0.4, -0.2) is 90.3 Å².